The Morgan fingerprint density at radius 3 is 2.73 bits per heavy atom. The highest BCUT2D eigenvalue weighted by Crippen LogP contribution is 2.11. The Hall–Kier alpha value is -0.120. The van der Waals surface area contributed by atoms with Crippen molar-refractivity contribution in [2.45, 2.75) is 58.0 Å². The maximum Gasteiger partial charge on any atom is 0.191 e. The zero-order valence-corrected chi connectivity index (χ0v) is 18.8. The van der Waals surface area contributed by atoms with Gasteiger partial charge in [0.2, 0.25) is 0 Å². The second kappa shape index (κ2) is 15.9. The third kappa shape index (κ3) is 10.9. The molecule has 0 aromatic heterocycles. The summed E-state index contributed by atoms with van der Waals surface area (Å²) in [5.41, 5.74) is 0. The zero-order valence-electron chi connectivity index (χ0n) is 16.5. The minimum atomic E-state index is 0. The van der Waals surface area contributed by atoms with E-state index in [2.05, 4.69) is 27.4 Å². The number of ether oxygens (including phenoxy) is 2. The second-order valence-electron chi connectivity index (χ2n) is 7.01. The third-order valence-corrected chi connectivity index (χ3v) is 4.78. The average Bonchev–Trinajstić information content (AvgIpc) is 3.31. The highest BCUT2D eigenvalue weighted by molar-refractivity contribution is 14.0. The molecular weight excluding hydrogens is 443 g/mol. The molecule has 1 unspecified atom stereocenters. The number of halogens is 1. The van der Waals surface area contributed by atoms with Crippen LogP contribution in [0.5, 0.6) is 0 Å². The fourth-order valence-corrected chi connectivity index (χ4v) is 3.36. The summed E-state index contributed by atoms with van der Waals surface area (Å²) in [4.78, 5) is 7.21. The van der Waals surface area contributed by atoms with Crippen molar-refractivity contribution in [1.29, 1.82) is 0 Å². The van der Waals surface area contributed by atoms with Crippen LogP contribution in [0.1, 0.15) is 51.9 Å². The van der Waals surface area contributed by atoms with Gasteiger partial charge in [0.25, 0.3) is 0 Å². The van der Waals surface area contributed by atoms with Gasteiger partial charge in [-0.25, -0.2) is 0 Å². The lowest BCUT2D eigenvalue weighted by Crippen LogP contribution is -2.38. The monoisotopic (exact) mass is 482 g/mol. The molecule has 0 bridgehead atoms. The largest absolute Gasteiger partial charge is 0.379 e. The van der Waals surface area contributed by atoms with E-state index in [0.29, 0.717) is 6.10 Å². The number of rotatable bonds is 12. The molecule has 6 nitrogen and oxygen atoms in total. The van der Waals surface area contributed by atoms with Crippen LogP contribution >= 0.6 is 24.0 Å². The van der Waals surface area contributed by atoms with Crippen molar-refractivity contribution in [3.63, 3.8) is 0 Å². The first-order chi connectivity index (χ1) is 12.4. The van der Waals surface area contributed by atoms with Gasteiger partial charge in [-0.15, -0.1) is 24.0 Å². The smallest absolute Gasteiger partial charge is 0.191 e. The summed E-state index contributed by atoms with van der Waals surface area (Å²) < 4.78 is 11.2. The van der Waals surface area contributed by atoms with Gasteiger partial charge >= 0.3 is 0 Å². The first-order valence-electron chi connectivity index (χ1n) is 10.3. The number of likely N-dealkylation sites (tertiary alicyclic amines) is 1. The molecule has 2 fully saturated rings. The van der Waals surface area contributed by atoms with Gasteiger partial charge in [0.15, 0.2) is 5.96 Å². The van der Waals surface area contributed by atoms with Crippen molar-refractivity contribution < 1.29 is 9.47 Å². The Kier molecular flexibility index (Phi) is 14.6. The topological polar surface area (TPSA) is 58.1 Å². The Labute approximate surface area is 176 Å². The lowest BCUT2D eigenvalue weighted by atomic mass is 10.2. The van der Waals surface area contributed by atoms with E-state index in [1.165, 1.54) is 51.7 Å². The van der Waals surface area contributed by atoms with E-state index in [9.17, 15) is 0 Å². The third-order valence-electron chi connectivity index (χ3n) is 4.78. The van der Waals surface area contributed by atoms with E-state index in [4.69, 9.17) is 9.47 Å². The molecule has 2 N–H and O–H groups in total. The highest BCUT2D eigenvalue weighted by Gasteiger charge is 2.14. The fraction of sp³-hybridized carbons (Fsp3) is 0.947. The number of aliphatic imine (C=N–C) groups is 1. The number of guanidine groups is 1. The quantitative estimate of drug-likeness (QED) is 0.194. The van der Waals surface area contributed by atoms with Gasteiger partial charge in [-0.05, 0) is 71.5 Å². The van der Waals surface area contributed by atoms with E-state index in [-0.39, 0.29) is 24.0 Å². The molecule has 0 aliphatic carbocycles. The normalized spacial score (nSPS) is 21.0. The van der Waals surface area contributed by atoms with Crippen molar-refractivity contribution >= 4 is 29.9 Å². The molecule has 0 radical (unpaired) electrons. The van der Waals surface area contributed by atoms with Gasteiger partial charge in [0, 0.05) is 32.8 Å². The van der Waals surface area contributed by atoms with Crippen LogP contribution in [0.3, 0.4) is 0 Å². The predicted molar refractivity (Wildman–Crippen MR) is 119 cm³/mol. The molecule has 26 heavy (non-hydrogen) atoms. The van der Waals surface area contributed by atoms with Crippen molar-refractivity contribution in [1.82, 2.24) is 15.5 Å². The Morgan fingerprint density at radius 2 is 2.00 bits per heavy atom. The number of nitrogens with one attached hydrogen (secondary N) is 2. The molecule has 154 valence electrons. The van der Waals surface area contributed by atoms with E-state index in [0.717, 1.165) is 58.3 Å². The summed E-state index contributed by atoms with van der Waals surface area (Å²) in [6.45, 7) is 11.0. The standard InChI is InChI=1S/C19H38N4O2.HI/c1-2-20-19(21-10-3-4-12-23-13-5-6-14-23)22-11-8-15-24-17-18-9-7-16-25-18;/h18H,2-17H2,1H3,(H2,20,21,22);1H. The molecule has 2 aliphatic rings. The van der Waals surface area contributed by atoms with E-state index < -0.39 is 0 Å². The van der Waals surface area contributed by atoms with Gasteiger partial charge in [0.1, 0.15) is 0 Å². The van der Waals surface area contributed by atoms with Crippen LogP contribution in [0, 0.1) is 0 Å². The van der Waals surface area contributed by atoms with Gasteiger partial charge < -0.3 is 25.0 Å². The summed E-state index contributed by atoms with van der Waals surface area (Å²) in [6, 6.07) is 0. The molecule has 0 saturated carbocycles. The summed E-state index contributed by atoms with van der Waals surface area (Å²) in [6.07, 6.45) is 8.83. The summed E-state index contributed by atoms with van der Waals surface area (Å²) in [7, 11) is 0. The molecule has 0 spiro atoms. The molecule has 0 amide bonds. The lowest BCUT2D eigenvalue weighted by molar-refractivity contribution is 0.0171. The summed E-state index contributed by atoms with van der Waals surface area (Å²) in [5.74, 6) is 0.933. The Bertz CT molecular complexity index is 359. The average molecular weight is 482 g/mol. The zero-order chi connectivity index (χ0) is 17.6. The SMILES string of the molecule is CCNC(=NCCCOCC1CCCO1)NCCCCN1CCCC1.I. The first-order valence-corrected chi connectivity index (χ1v) is 10.3. The van der Waals surface area contributed by atoms with Crippen molar-refractivity contribution in [2.75, 3.05) is 59.1 Å². The molecule has 0 aromatic carbocycles. The molecular formula is C19H39IN4O2. The van der Waals surface area contributed by atoms with Crippen LogP contribution in [-0.2, 0) is 9.47 Å². The molecule has 2 saturated heterocycles. The molecule has 2 heterocycles. The van der Waals surface area contributed by atoms with Gasteiger partial charge in [-0.2, -0.15) is 0 Å². The van der Waals surface area contributed by atoms with Gasteiger partial charge in [-0.1, -0.05) is 0 Å². The van der Waals surface area contributed by atoms with E-state index in [1.807, 2.05) is 0 Å². The molecule has 7 heteroatoms. The minimum Gasteiger partial charge on any atom is -0.379 e. The van der Waals surface area contributed by atoms with Crippen LogP contribution in [-0.4, -0.2) is 76.1 Å². The summed E-state index contributed by atoms with van der Waals surface area (Å²) >= 11 is 0. The maximum absolute atomic E-state index is 5.68. The van der Waals surface area contributed by atoms with Crippen molar-refractivity contribution in [3.8, 4) is 0 Å². The van der Waals surface area contributed by atoms with Crippen molar-refractivity contribution in [3.05, 3.63) is 0 Å². The van der Waals surface area contributed by atoms with Crippen LogP contribution in [0.15, 0.2) is 4.99 Å². The van der Waals surface area contributed by atoms with Crippen molar-refractivity contribution in [2.24, 2.45) is 4.99 Å². The lowest BCUT2D eigenvalue weighted by Gasteiger charge is -2.15. The molecule has 1 atom stereocenters. The van der Waals surface area contributed by atoms with Crippen LogP contribution < -0.4 is 10.6 Å². The van der Waals surface area contributed by atoms with E-state index in [1.54, 1.807) is 0 Å². The maximum atomic E-state index is 5.68. The predicted octanol–water partition coefficient (Wildman–Crippen LogP) is 2.62. The highest BCUT2D eigenvalue weighted by atomic mass is 127. The molecule has 0 aromatic rings. The van der Waals surface area contributed by atoms with Crippen LogP contribution in [0.25, 0.3) is 0 Å². The minimum absolute atomic E-state index is 0. The number of nitrogens with zero attached hydrogens (tertiary/aromatic N) is 2. The summed E-state index contributed by atoms with van der Waals surface area (Å²) in [5, 5.41) is 6.76. The first kappa shape index (κ1) is 23.9. The Morgan fingerprint density at radius 1 is 1.15 bits per heavy atom. The van der Waals surface area contributed by atoms with Crippen LogP contribution in [0.2, 0.25) is 0 Å². The number of hydrogen-bond donors (Lipinski definition) is 2. The second-order valence-corrected chi connectivity index (χ2v) is 7.01. The number of hydrogen-bond acceptors (Lipinski definition) is 4. The molecule has 2 rings (SSSR count). The van der Waals surface area contributed by atoms with E-state index >= 15 is 0 Å². The molecule has 2 aliphatic heterocycles. The van der Waals surface area contributed by atoms with Gasteiger partial charge in [-0.3, -0.25) is 4.99 Å². The van der Waals surface area contributed by atoms with Gasteiger partial charge in [0.05, 0.1) is 12.7 Å². The fourth-order valence-electron chi connectivity index (χ4n) is 3.36. The Balaban J connectivity index is 0.00000338. The van der Waals surface area contributed by atoms with Crippen LogP contribution in [0.4, 0.5) is 0 Å². The number of unbranched alkanes of at least 4 members (excludes halogenated alkanes) is 1.